The van der Waals surface area contributed by atoms with E-state index in [9.17, 15) is 10.1 Å². The zero-order valence-electron chi connectivity index (χ0n) is 17.8. The Kier molecular flexibility index (Phi) is 7.22. The van der Waals surface area contributed by atoms with E-state index in [2.05, 4.69) is 6.07 Å². The smallest absolute Gasteiger partial charge is 0.316 e. The third kappa shape index (κ3) is 4.71. The second-order valence-corrected chi connectivity index (χ2v) is 8.27. The lowest BCUT2D eigenvalue weighted by atomic mass is 9.86. The van der Waals surface area contributed by atoms with Crippen molar-refractivity contribution in [3.63, 3.8) is 0 Å². The van der Waals surface area contributed by atoms with Crippen LogP contribution in [0.4, 0.5) is 0 Å². The summed E-state index contributed by atoms with van der Waals surface area (Å²) in [7, 11) is 3.23. The second-order valence-electron chi connectivity index (χ2n) is 7.30. The lowest BCUT2D eigenvalue weighted by Crippen LogP contribution is -2.14. The largest absolute Gasteiger partial charge is 0.497 e. The van der Waals surface area contributed by atoms with Crippen LogP contribution in [0.25, 0.3) is 11.1 Å². The molecule has 3 rings (SSSR count). The van der Waals surface area contributed by atoms with Gasteiger partial charge in [-0.2, -0.15) is 5.26 Å². The number of hydrogen-bond acceptors (Lipinski definition) is 7. The Hall–Kier alpha value is -2.72. The molecule has 1 aromatic carbocycles. The predicted molar refractivity (Wildman–Crippen MR) is 116 cm³/mol. The van der Waals surface area contributed by atoms with Gasteiger partial charge in [-0.05, 0) is 63.3 Å². The van der Waals surface area contributed by atoms with E-state index in [-0.39, 0.29) is 17.8 Å². The summed E-state index contributed by atoms with van der Waals surface area (Å²) in [6, 6.07) is 7.91. The van der Waals surface area contributed by atoms with Crippen LogP contribution in [0.15, 0.2) is 23.2 Å². The van der Waals surface area contributed by atoms with Crippen LogP contribution in [0.2, 0.25) is 0 Å². The minimum absolute atomic E-state index is 0.104. The maximum Gasteiger partial charge on any atom is 0.316 e. The van der Waals surface area contributed by atoms with E-state index in [1.54, 1.807) is 14.2 Å². The van der Waals surface area contributed by atoms with Crippen molar-refractivity contribution in [2.75, 3.05) is 20.0 Å². The SMILES string of the molecule is COc1ccc(OC)c(-c2c(C#N)c(SCC(=O)OC(C)C)nc3c2CCCC3)c1. The van der Waals surface area contributed by atoms with Crippen LogP contribution in [0.1, 0.15) is 43.5 Å². The number of benzene rings is 1. The second kappa shape index (κ2) is 9.86. The van der Waals surface area contributed by atoms with Crippen molar-refractivity contribution in [3.8, 4) is 28.7 Å². The average molecular weight is 427 g/mol. The maximum atomic E-state index is 12.1. The van der Waals surface area contributed by atoms with Crippen LogP contribution >= 0.6 is 11.8 Å². The number of thioether (sulfide) groups is 1. The number of fused-ring (bicyclic) bond motifs is 1. The molecule has 2 aromatic rings. The molecule has 1 aromatic heterocycles. The van der Waals surface area contributed by atoms with Crippen molar-refractivity contribution in [1.29, 1.82) is 5.26 Å². The molecule has 30 heavy (non-hydrogen) atoms. The van der Waals surface area contributed by atoms with Gasteiger partial charge in [-0.15, -0.1) is 0 Å². The highest BCUT2D eigenvalue weighted by atomic mass is 32.2. The molecular weight excluding hydrogens is 400 g/mol. The zero-order valence-corrected chi connectivity index (χ0v) is 18.6. The number of ether oxygens (including phenoxy) is 3. The number of methoxy groups -OCH3 is 2. The first-order valence-corrected chi connectivity index (χ1v) is 11.0. The van der Waals surface area contributed by atoms with E-state index in [4.69, 9.17) is 19.2 Å². The molecule has 0 saturated heterocycles. The third-order valence-corrected chi connectivity index (χ3v) is 5.87. The Morgan fingerprint density at radius 3 is 2.67 bits per heavy atom. The van der Waals surface area contributed by atoms with Gasteiger partial charge in [0.25, 0.3) is 0 Å². The first-order valence-electron chi connectivity index (χ1n) is 9.99. The number of pyridine rings is 1. The molecule has 0 saturated carbocycles. The number of rotatable bonds is 7. The van der Waals surface area contributed by atoms with Gasteiger partial charge in [0.1, 0.15) is 22.6 Å². The number of nitriles is 1. The zero-order chi connectivity index (χ0) is 21.7. The topological polar surface area (TPSA) is 81.4 Å². The maximum absolute atomic E-state index is 12.1. The lowest BCUT2D eigenvalue weighted by Gasteiger charge is -2.23. The van der Waals surface area contributed by atoms with Gasteiger partial charge < -0.3 is 14.2 Å². The van der Waals surface area contributed by atoms with Crippen molar-refractivity contribution in [3.05, 3.63) is 35.0 Å². The fourth-order valence-electron chi connectivity index (χ4n) is 3.66. The van der Waals surface area contributed by atoms with Crippen molar-refractivity contribution in [1.82, 2.24) is 4.98 Å². The molecule has 0 fully saturated rings. The summed E-state index contributed by atoms with van der Waals surface area (Å²) >= 11 is 1.25. The van der Waals surface area contributed by atoms with E-state index >= 15 is 0 Å². The molecule has 0 aliphatic heterocycles. The molecule has 0 radical (unpaired) electrons. The van der Waals surface area contributed by atoms with E-state index < -0.39 is 0 Å². The molecule has 0 unspecified atom stereocenters. The van der Waals surface area contributed by atoms with Gasteiger partial charge in [0, 0.05) is 16.8 Å². The standard InChI is InChI=1S/C23H26N2O4S/c1-14(2)29-21(26)13-30-23-18(12-24)22(16-7-5-6-8-19(16)25-23)17-11-15(27-3)9-10-20(17)28-4/h9-11,14H,5-8,13H2,1-4H3. The van der Waals surface area contributed by atoms with Gasteiger partial charge in [0.2, 0.25) is 0 Å². The minimum Gasteiger partial charge on any atom is -0.497 e. The van der Waals surface area contributed by atoms with Gasteiger partial charge in [0.15, 0.2) is 0 Å². The highest BCUT2D eigenvalue weighted by Crippen LogP contribution is 2.42. The quantitative estimate of drug-likeness (QED) is 0.474. The molecule has 1 aliphatic rings. The summed E-state index contributed by atoms with van der Waals surface area (Å²) in [5.74, 6) is 1.14. The fourth-order valence-corrected chi connectivity index (χ4v) is 4.45. The highest BCUT2D eigenvalue weighted by molar-refractivity contribution is 7.99. The number of carbonyl (C=O) groups excluding carboxylic acids is 1. The predicted octanol–water partition coefficient (Wildman–Crippen LogP) is 4.56. The summed E-state index contributed by atoms with van der Waals surface area (Å²) in [5.41, 5.74) is 4.17. The number of aromatic nitrogens is 1. The van der Waals surface area contributed by atoms with Crippen LogP contribution in [0.5, 0.6) is 11.5 Å². The summed E-state index contributed by atoms with van der Waals surface area (Å²) in [6.07, 6.45) is 3.63. The Morgan fingerprint density at radius 2 is 2.00 bits per heavy atom. The lowest BCUT2D eigenvalue weighted by molar-refractivity contribution is -0.144. The molecule has 6 nitrogen and oxygen atoms in total. The van der Waals surface area contributed by atoms with Gasteiger partial charge in [0.05, 0.1) is 31.6 Å². The van der Waals surface area contributed by atoms with Gasteiger partial charge in [-0.1, -0.05) is 11.8 Å². The molecule has 1 heterocycles. The molecule has 0 amide bonds. The van der Waals surface area contributed by atoms with Crippen LogP contribution in [-0.4, -0.2) is 37.0 Å². The van der Waals surface area contributed by atoms with E-state index in [0.717, 1.165) is 48.1 Å². The summed E-state index contributed by atoms with van der Waals surface area (Å²) in [6.45, 7) is 3.63. The molecule has 1 aliphatic carbocycles. The van der Waals surface area contributed by atoms with Gasteiger partial charge in [-0.3, -0.25) is 4.79 Å². The Morgan fingerprint density at radius 1 is 1.23 bits per heavy atom. The normalized spacial score (nSPS) is 12.8. The van der Waals surface area contributed by atoms with E-state index in [1.165, 1.54) is 11.8 Å². The molecule has 0 N–H and O–H groups in total. The number of esters is 1. The van der Waals surface area contributed by atoms with Crippen LogP contribution in [0, 0.1) is 11.3 Å². The van der Waals surface area contributed by atoms with Crippen LogP contribution in [0.3, 0.4) is 0 Å². The molecule has 0 spiro atoms. The molecule has 0 atom stereocenters. The summed E-state index contributed by atoms with van der Waals surface area (Å²) in [5, 5.41) is 10.6. The number of nitrogens with zero attached hydrogens (tertiary/aromatic N) is 2. The number of aryl methyl sites for hydroxylation is 1. The Bertz CT molecular complexity index is 982. The van der Waals surface area contributed by atoms with Gasteiger partial charge >= 0.3 is 5.97 Å². The fraction of sp³-hybridized carbons (Fsp3) is 0.435. The minimum atomic E-state index is -0.320. The van der Waals surface area contributed by atoms with Crippen LogP contribution < -0.4 is 9.47 Å². The monoisotopic (exact) mass is 426 g/mol. The molecule has 0 bridgehead atoms. The van der Waals surface area contributed by atoms with Crippen molar-refractivity contribution < 1.29 is 19.0 Å². The van der Waals surface area contributed by atoms with Gasteiger partial charge in [-0.25, -0.2) is 4.98 Å². The number of carbonyl (C=O) groups is 1. The third-order valence-electron chi connectivity index (χ3n) is 4.92. The highest BCUT2D eigenvalue weighted by Gasteiger charge is 2.26. The summed E-state index contributed by atoms with van der Waals surface area (Å²) in [4.78, 5) is 16.8. The first kappa shape index (κ1) is 22.0. The van der Waals surface area contributed by atoms with Crippen LogP contribution in [-0.2, 0) is 22.4 Å². The van der Waals surface area contributed by atoms with E-state index in [1.807, 2.05) is 32.0 Å². The summed E-state index contributed by atoms with van der Waals surface area (Å²) < 4.78 is 16.3. The number of hydrogen-bond donors (Lipinski definition) is 0. The molecule has 7 heteroatoms. The van der Waals surface area contributed by atoms with Crippen molar-refractivity contribution in [2.45, 2.75) is 50.7 Å². The Labute approximate surface area is 181 Å². The molecule has 158 valence electrons. The molecular formula is C23H26N2O4S. The van der Waals surface area contributed by atoms with E-state index in [0.29, 0.717) is 22.1 Å². The Balaban J connectivity index is 2.15. The average Bonchev–Trinajstić information content (AvgIpc) is 2.75. The first-order chi connectivity index (χ1) is 14.5. The van der Waals surface area contributed by atoms with Crippen molar-refractivity contribution in [2.24, 2.45) is 0 Å². The van der Waals surface area contributed by atoms with Crippen molar-refractivity contribution >= 4 is 17.7 Å².